The number of rotatable bonds is 1. The van der Waals surface area contributed by atoms with Gasteiger partial charge in [0.15, 0.2) is 11.0 Å². The summed E-state index contributed by atoms with van der Waals surface area (Å²) in [6.07, 6.45) is 1.02. The Morgan fingerprint density at radius 2 is 2.36 bits per heavy atom. The van der Waals surface area contributed by atoms with Crippen LogP contribution in [0.15, 0.2) is 6.20 Å². The van der Waals surface area contributed by atoms with Crippen molar-refractivity contribution >= 4 is 23.0 Å². The van der Waals surface area contributed by atoms with Crippen LogP contribution in [0.2, 0.25) is 5.15 Å². The van der Waals surface area contributed by atoms with Gasteiger partial charge < -0.3 is 11.1 Å². The fourth-order valence-corrected chi connectivity index (χ4v) is 0.877. The molecule has 0 atom stereocenters. The minimum absolute atomic E-state index is 0.107. The third kappa shape index (κ3) is 1.35. The molecule has 5 heteroatoms. The van der Waals surface area contributed by atoms with Crippen LogP contribution in [-0.2, 0) is 0 Å². The van der Waals surface area contributed by atoms with Crippen LogP contribution >= 0.6 is 11.6 Å². The van der Waals surface area contributed by atoms with Crippen LogP contribution in [0.3, 0.4) is 0 Å². The molecule has 0 saturated heterocycles. The molecular formula is C6H7ClFN3. The molecule has 0 spiro atoms. The van der Waals surface area contributed by atoms with Crippen LogP contribution < -0.4 is 11.1 Å². The number of halogens is 2. The lowest BCUT2D eigenvalue weighted by Crippen LogP contribution is -2.00. The molecule has 0 aromatic carbocycles. The summed E-state index contributed by atoms with van der Waals surface area (Å²) >= 11 is 5.52. The topological polar surface area (TPSA) is 50.9 Å². The van der Waals surface area contributed by atoms with Gasteiger partial charge in [-0.25, -0.2) is 9.37 Å². The van der Waals surface area contributed by atoms with Gasteiger partial charge in [-0.1, -0.05) is 11.6 Å². The summed E-state index contributed by atoms with van der Waals surface area (Å²) < 4.78 is 12.8. The van der Waals surface area contributed by atoms with Crippen molar-refractivity contribution in [2.24, 2.45) is 0 Å². The molecule has 0 saturated carbocycles. The van der Waals surface area contributed by atoms with E-state index in [2.05, 4.69) is 10.3 Å². The molecule has 0 bridgehead atoms. The number of nitrogens with zero attached hydrogens (tertiary/aromatic N) is 1. The predicted molar refractivity (Wildman–Crippen MR) is 43.2 cm³/mol. The Kier molecular flexibility index (Phi) is 2.14. The first-order valence-electron chi connectivity index (χ1n) is 2.94. The number of anilines is 2. The molecule has 0 amide bonds. The summed E-state index contributed by atoms with van der Waals surface area (Å²) in [5, 5.41) is 2.69. The number of nitrogen functional groups attached to an aromatic ring is 1. The van der Waals surface area contributed by atoms with Gasteiger partial charge in [-0.05, 0) is 0 Å². The summed E-state index contributed by atoms with van der Waals surface area (Å²) in [7, 11) is 1.56. The lowest BCUT2D eigenvalue weighted by atomic mass is 10.3. The summed E-state index contributed by atoms with van der Waals surface area (Å²) in [5.74, 6) is -0.505. The van der Waals surface area contributed by atoms with E-state index in [4.69, 9.17) is 17.3 Å². The zero-order valence-electron chi connectivity index (χ0n) is 5.86. The fourth-order valence-electron chi connectivity index (χ4n) is 0.733. The third-order valence-corrected chi connectivity index (χ3v) is 1.57. The normalized spacial score (nSPS) is 9.73. The van der Waals surface area contributed by atoms with E-state index >= 15 is 0 Å². The molecule has 3 nitrogen and oxygen atoms in total. The van der Waals surface area contributed by atoms with Crippen molar-refractivity contribution in [2.45, 2.75) is 0 Å². The van der Waals surface area contributed by atoms with Crippen LogP contribution in [0.4, 0.5) is 15.8 Å². The van der Waals surface area contributed by atoms with Gasteiger partial charge in [-0.2, -0.15) is 0 Å². The zero-order chi connectivity index (χ0) is 8.43. The van der Waals surface area contributed by atoms with Gasteiger partial charge in [0.25, 0.3) is 0 Å². The van der Waals surface area contributed by atoms with Crippen LogP contribution in [0.5, 0.6) is 0 Å². The first-order valence-corrected chi connectivity index (χ1v) is 3.32. The van der Waals surface area contributed by atoms with E-state index in [1.165, 1.54) is 0 Å². The first-order chi connectivity index (χ1) is 5.16. The van der Waals surface area contributed by atoms with E-state index in [1.807, 2.05) is 0 Å². The van der Waals surface area contributed by atoms with Crippen LogP contribution in [0.1, 0.15) is 0 Å². The number of nitrogens with one attached hydrogen (secondary N) is 1. The Morgan fingerprint density at radius 3 is 2.82 bits per heavy atom. The average Bonchev–Trinajstić information content (AvgIpc) is 1.99. The fraction of sp³-hybridized carbons (Fsp3) is 0.167. The molecule has 0 aliphatic rings. The van der Waals surface area contributed by atoms with E-state index in [9.17, 15) is 4.39 Å². The smallest absolute Gasteiger partial charge is 0.166 e. The number of hydrogen-bond acceptors (Lipinski definition) is 3. The quantitative estimate of drug-likeness (QED) is 0.636. The molecule has 1 rings (SSSR count). The summed E-state index contributed by atoms with van der Waals surface area (Å²) in [6, 6.07) is 0. The molecule has 0 fully saturated rings. The monoisotopic (exact) mass is 175 g/mol. The maximum atomic E-state index is 12.8. The van der Waals surface area contributed by atoms with Gasteiger partial charge in [0.2, 0.25) is 0 Å². The Labute approximate surface area is 68.4 Å². The highest BCUT2D eigenvalue weighted by Gasteiger charge is 2.08. The van der Waals surface area contributed by atoms with Gasteiger partial charge >= 0.3 is 0 Å². The van der Waals surface area contributed by atoms with Gasteiger partial charge in [0.05, 0.1) is 17.6 Å². The summed E-state index contributed by atoms with van der Waals surface area (Å²) in [5.41, 5.74) is 5.72. The van der Waals surface area contributed by atoms with Crippen molar-refractivity contribution in [3.8, 4) is 0 Å². The molecule has 60 valence electrons. The lowest BCUT2D eigenvalue weighted by Gasteiger charge is -2.05. The Bertz CT molecular complexity index is 277. The lowest BCUT2D eigenvalue weighted by molar-refractivity contribution is 0.626. The largest absolute Gasteiger partial charge is 0.394 e. The second-order valence-electron chi connectivity index (χ2n) is 1.94. The molecule has 0 aliphatic heterocycles. The Balaban J connectivity index is 3.29. The van der Waals surface area contributed by atoms with Crippen LogP contribution in [-0.4, -0.2) is 12.0 Å². The second-order valence-corrected chi connectivity index (χ2v) is 2.29. The van der Waals surface area contributed by atoms with E-state index in [0.717, 1.165) is 6.20 Å². The van der Waals surface area contributed by atoms with Gasteiger partial charge in [0, 0.05) is 7.05 Å². The Morgan fingerprint density at radius 1 is 1.73 bits per heavy atom. The second kappa shape index (κ2) is 2.92. The first kappa shape index (κ1) is 8.07. The number of pyridine rings is 1. The molecule has 11 heavy (non-hydrogen) atoms. The van der Waals surface area contributed by atoms with Gasteiger partial charge in [0.1, 0.15) is 0 Å². The maximum Gasteiger partial charge on any atom is 0.166 e. The van der Waals surface area contributed by atoms with Gasteiger partial charge in [-0.15, -0.1) is 0 Å². The molecule has 1 heterocycles. The highest BCUT2D eigenvalue weighted by atomic mass is 35.5. The van der Waals surface area contributed by atoms with Crippen LogP contribution in [0.25, 0.3) is 0 Å². The minimum Gasteiger partial charge on any atom is -0.394 e. The average molecular weight is 176 g/mol. The molecule has 0 unspecified atom stereocenters. The van der Waals surface area contributed by atoms with Gasteiger partial charge in [-0.3, -0.25) is 0 Å². The minimum atomic E-state index is -0.505. The number of aromatic nitrogens is 1. The summed E-state index contributed by atoms with van der Waals surface area (Å²) in [4.78, 5) is 3.51. The molecular weight excluding hydrogens is 169 g/mol. The summed E-state index contributed by atoms with van der Waals surface area (Å²) in [6.45, 7) is 0. The standard InChI is InChI=1S/C6H7ClFN3/c1-10-5-3(8)2-11-6(7)4(5)9/h2H,9H2,1H3,(H,10,11). The van der Waals surface area contributed by atoms with Crippen molar-refractivity contribution in [3.05, 3.63) is 17.2 Å². The highest BCUT2D eigenvalue weighted by Crippen LogP contribution is 2.26. The number of nitrogens with two attached hydrogens (primary N) is 1. The predicted octanol–water partition coefficient (Wildman–Crippen LogP) is 1.50. The zero-order valence-corrected chi connectivity index (χ0v) is 6.61. The molecule has 3 N–H and O–H groups in total. The van der Waals surface area contributed by atoms with Crippen molar-refractivity contribution < 1.29 is 4.39 Å². The van der Waals surface area contributed by atoms with E-state index in [1.54, 1.807) is 7.05 Å². The molecule has 0 aliphatic carbocycles. The SMILES string of the molecule is CNc1c(F)cnc(Cl)c1N. The number of hydrogen-bond donors (Lipinski definition) is 2. The van der Waals surface area contributed by atoms with Crippen molar-refractivity contribution in [2.75, 3.05) is 18.1 Å². The van der Waals surface area contributed by atoms with Crippen molar-refractivity contribution in [3.63, 3.8) is 0 Å². The maximum absolute atomic E-state index is 12.8. The highest BCUT2D eigenvalue weighted by molar-refractivity contribution is 6.32. The molecule has 0 radical (unpaired) electrons. The van der Waals surface area contributed by atoms with E-state index in [0.29, 0.717) is 0 Å². The molecule has 1 aromatic heterocycles. The van der Waals surface area contributed by atoms with E-state index < -0.39 is 5.82 Å². The van der Waals surface area contributed by atoms with E-state index in [-0.39, 0.29) is 16.5 Å². The third-order valence-electron chi connectivity index (χ3n) is 1.27. The van der Waals surface area contributed by atoms with Crippen molar-refractivity contribution in [1.29, 1.82) is 0 Å². The molecule has 1 aromatic rings. The van der Waals surface area contributed by atoms with Crippen molar-refractivity contribution in [1.82, 2.24) is 4.98 Å². The Hall–Kier alpha value is -1.03. The van der Waals surface area contributed by atoms with Crippen LogP contribution in [0, 0.1) is 5.82 Å².